The van der Waals surface area contributed by atoms with E-state index in [1.165, 1.54) is 0 Å². The molecule has 1 saturated heterocycles. The number of nitrogens with zero attached hydrogens (tertiary/aromatic N) is 2. The molecule has 0 unspecified atom stereocenters. The zero-order valence-corrected chi connectivity index (χ0v) is 15.7. The SMILES string of the molecule is COc1ccccc1N1CCN(C(=O)Cc2c(C)[nH]c(=O)[nH]c2=O)[C@H](C)C1. The first-order valence-electron chi connectivity index (χ1n) is 8.90. The number of carbonyl (C=O) groups is 1. The van der Waals surface area contributed by atoms with Gasteiger partial charge < -0.3 is 19.5 Å². The molecule has 2 N–H and O–H groups in total. The van der Waals surface area contributed by atoms with Crippen LogP contribution < -0.4 is 20.9 Å². The molecule has 1 aromatic carbocycles. The molecular formula is C19H24N4O4. The van der Waals surface area contributed by atoms with Crippen LogP contribution in [0.5, 0.6) is 5.75 Å². The molecule has 0 saturated carbocycles. The molecular weight excluding hydrogens is 348 g/mol. The summed E-state index contributed by atoms with van der Waals surface area (Å²) in [6.45, 7) is 5.52. The number of para-hydroxylation sites is 2. The lowest BCUT2D eigenvalue weighted by molar-refractivity contribution is -0.132. The standard InChI is InChI=1S/C19H24N4O4/c1-12-11-22(15-6-4-5-7-16(15)27-3)8-9-23(12)17(24)10-14-13(2)20-19(26)21-18(14)25/h4-7,12H,8-11H2,1-3H3,(H2,20,21,25,26)/t12-/m1/s1. The molecule has 0 bridgehead atoms. The number of carbonyl (C=O) groups excluding carboxylic acids is 1. The highest BCUT2D eigenvalue weighted by Crippen LogP contribution is 2.29. The van der Waals surface area contributed by atoms with Crippen molar-refractivity contribution in [3.63, 3.8) is 0 Å². The van der Waals surface area contributed by atoms with Gasteiger partial charge in [0, 0.05) is 36.9 Å². The molecule has 1 aliphatic rings. The van der Waals surface area contributed by atoms with Crippen molar-refractivity contribution < 1.29 is 9.53 Å². The quantitative estimate of drug-likeness (QED) is 0.822. The summed E-state index contributed by atoms with van der Waals surface area (Å²) in [5, 5.41) is 0. The zero-order chi connectivity index (χ0) is 19.6. The van der Waals surface area contributed by atoms with Gasteiger partial charge in [-0.1, -0.05) is 12.1 Å². The maximum atomic E-state index is 12.8. The number of hydrogen-bond donors (Lipinski definition) is 2. The molecule has 1 aromatic heterocycles. The summed E-state index contributed by atoms with van der Waals surface area (Å²) in [5.41, 5.74) is 0.667. The zero-order valence-electron chi connectivity index (χ0n) is 15.7. The minimum Gasteiger partial charge on any atom is -0.495 e. The van der Waals surface area contributed by atoms with E-state index < -0.39 is 11.2 Å². The molecule has 144 valence electrons. The summed E-state index contributed by atoms with van der Waals surface area (Å²) >= 11 is 0. The molecule has 2 aromatic rings. The van der Waals surface area contributed by atoms with Crippen LogP contribution >= 0.6 is 0 Å². The topological polar surface area (TPSA) is 98.5 Å². The van der Waals surface area contributed by atoms with Crippen LogP contribution in [0.4, 0.5) is 5.69 Å². The second kappa shape index (κ2) is 7.69. The van der Waals surface area contributed by atoms with Crippen molar-refractivity contribution in [2.24, 2.45) is 0 Å². The second-order valence-corrected chi connectivity index (χ2v) is 6.74. The predicted molar refractivity (Wildman–Crippen MR) is 103 cm³/mol. The van der Waals surface area contributed by atoms with Gasteiger partial charge in [-0.2, -0.15) is 0 Å². The smallest absolute Gasteiger partial charge is 0.325 e. The number of nitrogens with one attached hydrogen (secondary N) is 2. The summed E-state index contributed by atoms with van der Waals surface area (Å²) in [6, 6.07) is 7.80. The highest BCUT2D eigenvalue weighted by Gasteiger charge is 2.29. The number of aryl methyl sites for hydroxylation is 1. The Bertz CT molecular complexity index is 949. The van der Waals surface area contributed by atoms with Crippen molar-refractivity contribution >= 4 is 11.6 Å². The maximum Gasteiger partial charge on any atom is 0.325 e. The first-order chi connectivity index (χ1) is 12.9. The van der Waals surface area contributed by atoms with E-state index in [4.69, 9.17) is 4.74 Å². The summed E-state index contributed by atoms with van der Waals surface area (Å²) < 4.78 is 5.43. The van der Waals surface area contributed by atoms with E-state index in [0.717, 1.165) is 11.4 Å². The van der Waals surface area contributed by atoms with Crippen LogP contribution in [0.2, 0.25) is 0 Å². The largest absolute Gasteiger partial charge is 0.495 e. The van der Waals surface area contributed by atoms with Crippen molar-refractivity contribution in [1.29, 1.82) is 0 Å². The Hall–Kier alpha value is -3.03. The molecule has 1 amide bonds. The van der Waals surface area contributed by atoms with Gasteiger partial charge in [0.15, 0.2) is 0 Å². The molecule has 0 aliphatic carbocycles. The van der Waals surface area contributed by atoms with Crippen LogP contribution in [-0.4, -0.2) is 53.6 Å². The fourth-order valence-corrected chi connectivity index (χ4v) is 3.53. The number of H-pyrrole nitrogens is 2. The first kappa shape index (κ1) is 18.8. The third kappa shape index (κ3) is 3.89. The normalized spacial score (nSPS) is 17.1. The second-order valence-electron chi connectivity index (χ2n) is 6.74. The Labute approximate surface area is 156 Å². The number of aromatic nitrogens is 2. The molecule has 0 radical (unpaired) electrons. The third-order valence-corrected chi connectivity index (χ3v) is 4.96. The van der Waals surface area contributed by atoms with E-state index in [2.05, 4.69) is 14.9 Å². The molecule has 0 spiro atoms. The third-order valence-electron chi connectivity index (χ3n) is 4.96. The van der Waals surface area contributed by atoms with Crippen molar-refractivity contribution in [3.8, 4) is 5.75 Å². The molecule has 27 heavy (non-hydrogen) atoms. The highest BCUT2D eigenvalue weighted by molar-refractivity contribution is 5.79. The minimum absolute atomic E-state index is 0.0155. The Balaban J connectivity index is 1.72. The Kier molecular flexibility index (Phi) is 5.34. The van der Waals surface area contributed by atoms with Crippen LogP contribution in [0.25, 0.3) is 0 Å². The van der Waals surface area contributed by atoms with Gasteiger partial charge in [-0.05, 0) is 26.0 Å². The monoisotopic (exact) mass is 372 g/mol. The van der Waals surface area contributed by atoms with Gasteiger partial charge in [0.2, 0.25) is 5.91 Å². The number of aromatic amines is 2. The average Bonchev–Trinajstić information content (AvgIpc) is 2.64. The van der Waals surface area contributed by atoms with Gasteiger partial charge in [-0.15, -0.1) is 0 Å². The number of hydrogen-bond acceptors (Lipinski definition) is 5. The Morgan fingerprint density at radius 2 is 1.96 bits per heavy atom. The molecule has 2 heterocycles. The average molecular weight is 372 g/mol. The molecule has 1 atom stereocenters. The highest BCUT2D eigenvalue weighted by atomic mass is 16.5. The van der Waals surface area contributed by atoms with Gasteiger partial charge >= 0.3 is 5.69 Å². The van der Waals surface area contributed by atoms with E-state index in [1.807, 2.05) is 31.2 Å². The Morgan fingerprint density at radius 1 is 1.22 bits per heavy atom. The van der Waals surface area contributed by atoms with Crippen molar-refractivity contribution in [2.45, 2.75) is 26.3 Å². The van der Waals surface area contributed by atoms with Gasteiger partial charge in [-0.3, -0.25) is 14.6 Å². The van der Waals surface area contributed by atoms with Gasteiger partial charge in [0.25, 0.3) is 5.56 Å². The van der Waals surface area contributed by atoms with Crippen LogP contribution in [0.1, 0.15) is 18.2 Å². The summed E-state index contributed by atoms with van der Waals surface area (Å²) in [5.74, 6) is 0.683. The van der Waals surface area contributed by atoms with Crippen molar-refractivity contribution in [3.05, 3.63) is 56.4 Å². The number of methoxy groups -OCH3 is 1. The molecule has 8 heteroatoms. The van der Waals surface area contributed by atoms with Gasteiger partial charge in [-0.25, -0.2) is 4.79 Å². The number of piperazine rings is 1. The minimum atomic E-state index is -0.563. The van der Waals surface area contributed by atoms with Gasteiger partial charge in [0.05, 0.1) is 19.2 Å². The van der Waals surface area contributed by atoms with E-state index in [9.17, 15) is 14.4 Å². The van der Waals surface area contributed by atoms with Crippen molar-refractivity contribution in [1.82, 2.24) is 14.9 Å². The summed E-state index contributed by atoms with van der Waals surface area (Å²) in [4.78, 5) is 44.8. The number of anilines is 1. The van der Waals surface area contributed by atoms with Crippen LogP contribution in [0.3, 0.4) is 0 Å². The number of ether oxygens (including phenoxy) is 1. The van der Waals surface area contributed by atoms with E-state index in [-0.39, 0.29) is 18.4 Å². The predicted octanol–water partition coefficient (Wildman–Crippen LogP) is 0.660. The van der Waals surface area contributed by atoms with Gasteiger partial charge in [0.1, 0.15) is 5.75 Å². The lowest BCUT2D eigenvalue weighted by atomic mass is 10.1. The number of amides is 1. The molecule has 1 aliphatic heterocycles. The van der Waals surface area contributed by atoms with E-state index in [1.54, 1.807) is 18.9 Å². The molecule has 3 rings (SSSR count). The number of benzene rings is 1. The maximum absolute atomic E-state index is 12.8. The first-order valence-corrected chi connectivity index (χ1v) is 8.90. The molecule has 8 nitrogen and oxygen atoms in total. The fraction of sp³-hybridized carbons (Fsp3) is 0.421. The van der Waals surface area contributed by atoms with Crippen LogP contribution in [0.15, 0.2) is 33.9 Å². The van der Waals surface area contributed by atoms with Crippen molar-refractivity contribution in [2.75, 3.05) is 31.6 Å². The van der Waals surface area contributed by atoms with Crippen LogP contribution in [0, 0.1) is 6.92 Å². The summed E-state index contributed by atoms with van der Waals surface area (Å²) in [6.07, 6.45) is -0.0308. The van der Waals surface area contributed by atoms with E-state index >= 15 is 0 Å². The van der Waals surface area contributed by atoms with Crippen LogP contribution in [-0.2, 0) is 11.2 Å². The lowest BCUT2D eigenvalue weighted by Gasteiger charge is -2.41. The lowest BCUT2D eigenvalue weighted by Crippen LogP contribution is -2.54. The molecule has 1 fully saturated rings. The Morgan fingerprint density at radius 3 is 2.63 bits per heavy atom. The fourth-order valence-electron chi connectivity index (χ4n) is 3.53. The number of rotatable bonds is 4. The van der Waals surface area contributed by atoms with E-state index in [0.29, 0.717) is 30.9 Å². The summed E-state index contributed by atoms with van der Waals surface area (Å²) in [7, 11) is 1.64.